The number of piperidine rings is 1. The fraction of sp³-hybridized carbons (Fsp3) is 0.481. The van der Waals surface area contributed by atoms with Crippen molar-refractivity contribution in [2.45, 2.75) is 45.3 Å². The molecule has 1 aromatic carbocycles. The number of ether oxygens (including phenoxy) is 2. The smallest absolute Gasteiger partial charge is 0.222 e. The molecule has 192 valence electrons. The number of fused-ring (bicyclic) bond motifs is 3. The van der Waals surface area contributed by atoms with Crippen molar-refractivity contribution < 1.29 is 9.47 Å². The molecule has 10 nitrogen and oxygen atoms in total. The van der Waals surface area contributed by atoms with Crippen LogP contribution in [0.2, 0.25) is 0 Å². The topological polar surface area (TPSA) is 107 Å². The fourth-order valence-corrected chi connectivity index (χ4v) is 6.10. The highest BCUT2D eigenvalue weighted by Gasteiger charge is 2.32. The summed E-state index contributed by atoms with van der Waals surface area (Å²) in [6, 6.07) is 8.40. The Labute approximate surface area is 215 Å². The molecular weight excluding hydrogens is 468 g/mol. The first-order valence-electron chi connectivity index (χ1n) is 13.3. The molecule has 0 bridgehead atoms. The third kappa shape index (κ3) is 3.86. The first-order chi connectivity index (χ1) is 18.2. The van der Waals surface area contributed by atoms with Crippen molar-refractivity contribution in [3.05, 3.63) is 46.8 Å². The van der Waals surface area contributed by atoms with Crippen LogP contribution in [-0.2, 0) is 22.5 Å². The lowest BCUT2D eigenvalue weighted by molar-refractivity contribution is 0.106. The number of anilines is 3. The van der Waals surface area contributed by atoms with Gasteiger partial charge in [0.25, 0.3) is 0 Å². The molecule has 4 aromatic rings. The van der Waals surface area contributed by atoms with Gasteiger partial charge in [0.2, 0.25) is 5.95 Å². The molecule has 2 saturated heterocycles. The molecule has 0 aliphatic carbocycles. The zero-order chi connectivity index (χ0) is 24.9. The van der Waals surface area contributed by atoms with Crippen LogP contribution in [-0.4, -0.2) is 64.0 Å². The van der Waals surface area contributed by atoms with E-state index in [9.17, 15) is 0 Å². The average Bonchev–Trinajstić information content (AvgIpc) is 3.35. The summed E-state index contributed by atoms with van der Waals surface area (Å²) in [6.07, 6.45) is 4.06. The zero-order valence-electron chi connectivity index (χ0n) is 21.2. The monoisotopic (exact) mass is 500 g/mol. The van der Waals surface area contributed by atoms with Crippen molar-refractivity contribution >= 4 is 34.1 Å². The molecule has 7 rings (SSSR count). The number of nitrogens with zero attached hydrogens (tertiary/aromatic N) is 7. The molecule has 10 heteroatoms. The van der Waals surface area contributed by atoms with Gasteiger partial charge >= 0.3 is 0 Å². The number of hydrogen-bond donors (Lipinski definition) is 1. The van der Waals surface area contributed by atoms with Gasteiger partial charge in [-0.1, -0.05) is 12.1 Å². The standard InChI is InChI=1S/C27H32N8O2/c1-17-5-4-6-20-24(17)25(31-27(28)30-20)34-9-3-2-7-22(34)21-15-23-29-19-8-12-37-16-18(19)26(35(23)32-21)33-10-13-36-14-11-33/h4-6,15,22H,2-3,7-14,16H2,1H3,(H2,28,30,31). The molecular formula is C27H32N8O2. The van der Waals surface area contributed by atoms with Gasteiger partial charge < -0.3 is 25.0 Å². The van der Waals surface area contributed by atoms with Gasteiger partial charge in [-0.25, -0.2) is 9.97 Å². The number of morpholine rings is 1. The summed E-state index contributed by atoms with van der Waals surface area (Å²) in [5.41, 5.74) is 12.4. The lowest BCUT2D eigenvalue weighted by Crippen LogP contribution is -2.39. The van der Waals surface area contributed by atoms with E-state index in [0.717, 1.165) is 96.0 Å². The van der Waals surface area contributed by atoms with Gasteiger partial charge in [0, 0.05) is 43.1 Å². The second-order valence-corrected chi connectivity index (χ2v) is 10.2. The molecule has 0 amide bonds. The second-order valence-electron chi connectivity index (χ2n) is 10.2. The molecule has 3 aliphatic heterocycles. The van der Waals surface area contributed by atoms with E-state index in [-0.39, 0.29) is 6.04 Å². The zero-order valence-corrected chi connectivity index (χ0v) is 21.2. The van der Waals surface area contributed by atoms with Crippen LogP contribution in [0.15, 0.2) is 24.3 Å². The Balaban J connectivity index is 1.37. The highest BCUT2D eigenvalue weighted by Crippen LogP contribution is 2.39. The first kappa shape index (κ1) is 22.7. The van der Waals surface area contributed by atoms with Gasteiger partial charge in [-0.3, -0.25) is 0 Å². The maximum absolute atomic E-state index is 6.19. The van der Waals surface area contributed by atoms with E-state index < -0.39 is 0 Å². The molecule has 0 spiro atoms. The maximum atomic E-state index is 6.19. The Kier molecular flexibility index (Phi) is 5.58. The Morgan fingerprint density at radius 1 is 1.00 bits per heavy atom. The van der Waals surface area contributed by atoms with Crippen LogP contribution in [0.3, 0.4) is 0 Å². The van der Waals surface area contributed by atoms with Crippen LogP contribution in [0.4, 0.5) is 17.6 Å². The molecule has 3 aliphatic rings. The van der Waals surface area contributed by atoms with E-state index in [1.807, 2.05) is 16.6 Å². The minimum atomic E-state index is 0.0818. The van der Waals surface area contributed by atoms with Crippen LogP contribution < -0.4 is 15.5 Å². The highest BCUT2D eigenvalue weighted by atomic mass is 16.5. The molecule has 3 aromatic heterocycles. The molecule has 1 unspecified atom stereocenters. The Morgan fingerprint density at radius 3 is 2.78 bits per heavy atom. The van der Waals surface area contributed by atoms with E-state index in [1.165, 1.54) is 0 Å². The number of nitrogen functional groups attached to an aromatic ring is 1. The predicted molar refractivity (Wildman–Crippen MR) is 142 cm³/mol. The molecule has 2 N–H and O–H groups in total. The van der Waals surface area contributed by atoms with Gasteiger partial charge in [-0.2, -0.15) is 14.6 Å². The normalized spacial score (nSPS) is 20.5. The molecule has 1 atom stereocenters. The molecule has 0 saturated carbocycles. The fourth-order valence-electron chi connectivity index (χ4n) is 6.10. The van der Waals surface area contributed by atoms with E-state index in [2.05, 4.69) is 33.8 Å². The Hall–Kier alpha value is -3.50. The Bertz CT molecular complexity index is 1480. The number of aryl methyl sites for hydroxylation is 1. The van der Waals surface area contributed by atoms with Crippen molar-refractivity contribution in [1.29, 1.82) is 0 Å². The largest absolute Gasteiger partial charge is 0.378 e. The van der Waals surface area contributed by atoms with Crippen LogP contribution in [0.1, 0.15) is 47.8 Å². The van der Waals surface area contributed by atoms with Crippen LogP contribution in [0, 0.1) is 6.92 Å². The number of hydrogen-bond acceptors (Lipinski definition) is 9. The van der Waals surface area contributed by atoms with E-state index >= 15 is 0 Å². The van der Waals surface area contributed by atoms with Crippen molar-refractivity contribution in [2.75, 3.05) is 55.0 Å². The predicted octanol–water partition coefficient (Wildman–Crippen LogP) is 3.20. The van der Waals surface area contributed by atoms with Gasteiger partial charge in [0.1, 0.15) is 11.6 Å². The molecule has 6 heterocycles. The number of benzene rings is 1. The van der Waals surface area contributed by atoms with Gasteiger partial charge in [0.05, 0.1) is 49.4 Å². The molecule has 2 fully saturated rings. The summed E-state index contributed by atoms with van der Waals surface area (Å²) < 4.78 is 13.6. The van der Waals surface area contributed by atoms with Gasteiger partial charge in [-0.05, 0) is 37.8 Å². The highest BCUT2D eigenvalue weighted by molar-refractivity contribution is 5.93. The summed E-state index contributed by atoms with van der Waals surface area (Å²) >= 11 is 0. The molecule has 37 heavy (non-hydrogen) atoms. The quantitative estimate of drug-likeness (QED) is 0.454. The third-order valence-electron chi connectivity index (χ3n) is 7.86. The average molecular weight is 501 g/mol. The SMILES string of the molecule is Cc1cccc2nc(N)nc(N3CCCCC3c3cc4nc5c(c(N6CCOCC6)n4n3)COCC5)c12. The van der Waals surface area contributed by atoms with Crippen LogP contribution >= 0.6 is 0 Å². The molecule has 0 radical (unpaired) electrons. The lowest BCUT2D eigenvalue weighted by Gasteiger charge is -2.36. The summed E-state index contributed by atoms with van der Waals surface area (Å²) in [5, 5.41) is 6.28. The Morgan fingerprint density at radius 2 is 1.89 bits per heavy atom. The minimum Gasteiger partial charge on any atom is -0.378 e. The summed E-state index contributed by atoms with van der Waals surface area (Å²) in [7, 11) is 0. The van der Waals surface area contributed by atoms with Crippen LogP contribution in [0.25, 0.3) is 16.6 Å². The third-order valence-corrected chi connectivity index (χ3v) is 7.86. The van der Waals surface area contributed by atoms with Gasteiger partial charge in [0.15, 0.2) is 5.65 Å². The number of nitrogens with two attached hydrogens (primary N) is 1. The van der Waals surface area contributed by atoms with Crippen molar-refractivity contribution in [3.8, 4) is 0 Å². The van der Waals surface area contributed by atoms with Crippen LogP contribution in [0.5, 0.6) is 0 Å². The summed E-state index contributed by atoms with van der Waals surface area (Å²) in [5.74, 6) is 2.30. The number of rotatable bonds is 3. The van der Waals surface area contributed by atoms with Crippen molar-refractivity contribution in [2.24, 2.45) is 0 Å². The number of aromatic nitrogens is 5. The summed E-state index contributed by atoms with van der Waals surface area (Å²) in [4.78, 5) is 19.1. The van der Waals surface area contributed by atoms with Crippen molar-refractivity contribution in [1.82, 2.24) is 24.6 Å². The summed E-state index contributed by atoms with van der Waals surface area (Å²) in [6.45, 7) is 7.38. The minimum absolute atomic E-state index is 0.0818. The van der Waals surface area contributed by atoms with Gasteiger partial charge in [-0.15, -0.1) is 0 Å². The first-order valence-corrected chi connectivity index (χ1v) is 13.3. The second kappa shape index (κ2) is 9.11. The van der Waals surface area contributed by atoms with E-state index in [1.54, 1.807) is 0 Å². The van der Waals surface area contributed by atoms with E-state index in [0.29, 0.717) is 32.4 Å². The lowest BCUT2D eigenvalue weighted by atomic mass is 9.98. The van der Waals surface area contributed by atoms with Crippen molar-refractivity contribution in [3.63, 3.8) is 0 Å². The van der Waals surface area contributed by atoms with E-state index in [4.69, 9.17) is 30.3 Å². The maximum Gasteiger partial charge on any atom is 0.222 e.